The van der Waals surface area contributed by atoms with Crippen LogP contribution in [0.3, 0.4) is 0 Å². The van der Waals surface area contributed by atoms with Crippen LogP contribution in [0.5, 0.6) is 5.75 Å². The van der Waals surface area contributed by atoms with Crippen LogP contribution >= 0.6 is 15.9 Å². The molecular formula is C11H11BrO4. The minimum absolute atomic E-state index is 0.0934. The highest BCUT2D eigenvalue weighted by Crippen LogP contribution is 2.21. The number of ketones is 1. The average molecular weight is 287 g/mol. The third kappa shape index (κ3) is 3.15. The molecule has 0 heterocycles. The first-order valence-electron chi connectivity index (χ1n) is 4.60. The number of rotatable bonds is 4. The standard InChI is InChI=1S/C11H11BrO4/c1-7(14)16-11-3-2-8(10(15)5-12)4-9(11)6-13/h2-4,13H,5-6H2,1H3. The number of ether oxygens (including phenoxy) is 1. The summed E-state index contributed by atoms with van der Waals surface area (Å²) in [5, 5.41) is 9.31. The Labute approximate surface area is 101 Å². The molecule has 0 saturated heterocycles. The van der Waals surface area contributed by atoms with Gasteiger partial charge in [0, 0.05) is 18.1 Å². The molecular weight excluding hydrogens is 276 g/mol. The number of esters is 1. The molecule has 0 fully saturated rings. The number of hydrogen-bond donors (Lipinski definition) is 1. The van der Waals surface area contributed by atoms with E-state index < -0.39 is 5.97 Å². The van der Waals surface area contributed by atoms with Crippen molar-refractivity contribution in [1.82, 2.24) is 0 Å². The highest BCUT2D eigenvalue weighted by atomic mass is 79.9. The molecule has 0 unspecified atom stereocenters. The maximum absolute atomic E-state index is 11.4. The SMILES string of the molecule is CC(=O)Oc1ccc(C(=O)CBr)cc1CO. The Morgan fingerprint density at radius 2 is 2.12 bits per heavy atom. The molecule has 1 N–H and O–H groups in total. The van der Waals surface area contributed by atoms with E-state index in [2.05, 4.69) is 15.9 Å². The van der Waals surface area contributed by atoms with Gasteiger partial charge in [-0.05, 0) is 18.2 Å². The number of carbonyl (C=O) groups excluding carboxylic acids is 2. The molecule has 0 aliphatic rings. The number of aliphatic hydroxyl groups excluding tert-OH is 1. The molecule has 86 valence electrons. The van der Waals surface area contributed by atoms with Gasteiger partial charge in [-0.1, -0.05) is 15.9 Å². The largest absolute Gasteiger partial charge is 0.426 e. The summed E-state index contributed by atoms with van der Waals surface area (Å²) in [6, 6.07) is 4.58. The van der Waals surface area contributed by atoms with E-state index in [1.807, 2.05) is 0 Å². The first kappa shape index (κ1) is 12.9. The van der Waals surface area contributed by atoms with Crippen LogP contribution in [-0.2, 0) is 11.4 Å². The Hall–Kier alpha value is -1.20. The van der Waals surface area contributed by atoms with Gasteiger partial charge < -0.3 is 9.84 Å². The van der Waals surface area contributed by atoms with Crippen molar-refractivity contribution < 1.29 is 19.4 Å². The Balaban J connectivity index is 3.06. The Kier molecular flexibility index (Phi) is 4.64. The van der Waals surface area contributed by atoms with Gasteiger partial charge in [0.25, 0.3) is 0 Å². The maximum Gasteiger partial charge on any atom is 0.308 e. The van der Waals surface area contributed by atoms with E-state index in [4.69, 9.17) is 9.84 Å². The molecule has 1 aromatic rings. The lowest BCUT2D eigenvalue weighted by Gasteiger charge is -2.08. The molecule has 0 radical (unpaired) electrons. The predicted octanol–water partition coefficient (Wildman–Crippen LogP) is 1.68. The lowest BCUT2D eigenvalue weighted by molar-refractivity contribution is -0.131. The van der Waals surface area contributed by atoms with Crippen LogP contribution in [0.4, 0.5) is 0 Å². The smallest absolute Gasteiger partial charge is 0.308 e. The molecule has 0 bridgehead atoms. The van der Waals surface area contributed by atoms with Gasteiger partial charge >= 0.3 is 5.97 Å². The Bertz CT molecular complexity index is 414. The van der Waals surface area contributed by atoms with Gasteiger partial charge in [0.2, 0.25) is 0 Å². The summed E-state index contributed by atoms with van der Waals surface area (Å²) in [6.45, 7) is 0.991. The molecule has 0 amide bonds. The third-order valence-electron chi connectivity index (χ3n) is 1.93. The molecule has 0 atom stereocenters. The van der Waals surface area contributed by atoms with E-state index in [9.17, 15) is 9.59 Å². The fourth-order valence-corrected chi connectivity index (χ4v) is 1.53. The molecule has 5 heteroatoms. The van der Waals surface area contributed by atoms with Crippen LogP contribution in [0.15, 0.2) is 18.2 Å². The Morgan fingerprint density at radius 1 is 1.44 bits per heavy atom. The lowest BCUT2D eigenvalue weighted by Crippen LogP contribution is -2.06. The molecule has 0 aliphatic carbocycles. The quantitative estimate of drug-likeness (QED) is 0.396. The molecule has 0 saturated carbocycles. The number of benzene rings is 1. The maximum atomic E-state index is 11.4. The number of aliphatic hydroxyl groups is 1. The minimum atomic E-state index is -0.464. The first-order chi connectivity index (χ1) is 7.58. The number of hydrogen-bond acceptors (Lipinski definition) is 4. The van der Waals surface area contributed by atoms with Gasteiger partial charge in [-0.2, -0.15) is 0 Å². The summed E-state index contributed by atoms with van der Waals surface area (Å²) in [5.74, 6) is -0.278. The molecule has 4 nitrogen and oxygen atoms in total. The summed E-state index contributed by atoms with van der Waals surface area (Å²) in [5.41, 5.74) is 0.888. The topological polar surface area (TPSA) is 63.6 Å². The minimum Gasteiger partial charge on any atom is -0.426 e. The molecule has 0 spiro atoms. The first-order valence-corrected chi connectivity index (χ1v) is 5.72. The fourth-order valence-electron chi connectivity index (χ4n) is 1.21. The molecule has 0 aliphatic heterocycles. The number of Topliss-reactive ketones (excluding diaryl/α,β-unsaturated/α-hetero) is 1. The highest BCUT2D eigenvalue weighted by molar-refractivity contribution is 9.09. The monoisotopic (exact) mass is 286 g/mol. The normalized spacial score (nSPS) is 9.94. The molecule has 1 rings (SSSR count). The second-order valence-corrected chi connectivity index (χ2v) is 3.69. The summed E-state index contributed by atoms with van der Waals surface area (Å²) in [7, 11) is 0. The summed E-state index contributed by atoms with van der Waals surface area (Å²) >= 11 is 3.06. The van der Waals surface area contributed by atoms with Crippen molar-refractivity contribution in [2.75, 3.05) is 5.33 Å². The van der Waals surface area contributed by atoms with Crippen molar-refractivity contribution >= 4 is 27.7 Å². The van der Waals surface area contributed by atoms with Crippen molar-refractivity contribution in [1.29, 1.82) is 0 Å². The van der Waals surface area contributed by atoms with Crippen LogP contribution in [0.2, 0.25) is 0 Å². The van der Waals surface area contributed by atoms with Crippen molar-refractivity contribution in [3.05, 3.63) is 29.3 Å². The van der Waals surface area contributed by atoms with Crippen molar-refractivity contribution in [3.8, 4) is 5.75 Å². The van der Waals surface area contributed by atoms with Gasteiger partial charge in [0.05, 0.1) is 11.9 Å². The molecule has 0 aromatic heterocycles. The van der Waals surface area contributed by atoms with E-state index in [0.29, 0.717) is 11.1 Å². The van der Waals surface area contributed by atoms with Crippen molar-refractivity contribution in [3.63, 3.8) is 0 Å². The second kappa shape index (κ2) is 5.77. The van der Waals surface area contributed by atoms with Crippen LogP contribution in [0.25, 0.3) is 0 Å². The lowest BCUT2D eigenvalue weighted by atomic mass is 10.1. The van der Waals surface area contributed by atoms with Crippen LogP contribution in [0.1, 0.15) is 22.8 Å². The van der Waals surface area contributed by atoms with Gasteiger partial charge in [-0.15, -0.1) is 0 Å². The highest BCUT2D eigenvalue weighted by Gasteiger charge is 2.10. The van der Waals surface area contributed by atoms with E-state index in [1.165, 1.54) is 19.1 Å². The number of halogens is 1. The fraction of sp³-hybridized carbons (Fsp3) is 0.273. The van der Waals surface area contributed by atoms with E-state index in [0.717, 1.165) is 0 Å². The van der Waals surface area contributed by atoms with Crippen LogP contribution in [-0.4, -0.2) is 22.2 Å². The zero-order chi connectivity index (χ0) is 12.1. The van der Waals surface area contributed by atoms with E-state index in [-0.39, 0.29) is 23.5 Å². The summed E-state index contributed by atoms with van der Waals surface area (Å²) < 4.78 is 4.88. The molecule has 16 heavy (non-hydrogen) atoms. The zero-order valence-electron chi connectivity index (χ0n) is 8.70. The zero-order valence-corrected chi connectivity index (χ0v) is 10.3. The summed E-state index contributed by atoms with van der Waals surface area (Å²) in [4.78, 5) is 22.2. The van der Waals surface area contributed by atoms with Gasteiger partial charge in [-0.25, -0.2) is 0 Å². The number of alkyl halides is 1. The van der Waals surface area contributed by atoms with Crippen molar-refractivity contribution in [2.45, 2.75) is 13.5 Å². The van der Waals surface area contributed by atoms with Crippen molar-refractivity contribution in [2.24, 2.45) is 0 Å². The second-order valence-electron chi connectivity index (χ2n) is 3.13. The Morgan fingerprint density at radius 3 is 2.62 bits per heavy atom. The summed E-state index contributed by atoms with van der Waals surface area (Å²) in [6.07, 6.45) is 0. The van der Waals surface area contributed by atoms with Gasteiger partial charge in [-0.3, -0.25) is 9.59 Å². The van der Waals surface area contributed by atoms with Gasteiger partial charge in [0.15, 0.2) is 5.78 Å². The third-order valence-corrected chi connectivity index (χ3v) is 2.44. The predicted molar refractivity (Wildman–Crippen MR) is 61.8 cm³/mol. The van der Waals surface area contributed by atoms with Gasteiger partial charge in [0.1, 0.15) is 5.75 Å². The number of carbonyl (C=O) groups is 2. The van der Waals surface area contributed by atoms with E-state index >= 15 is 0 Å². The van der Waals surface area contributed by atoms with E-state index in [1.54, 1.807) is 6.07 Å². The average Bonchev–Trinajstić information content (AvgIpc) is 2.27. The molecule has 1 aromatic carbocycles. The van der Waals surface area contributed by atoms with Crippen LogP contribution in [0, 0.1) is 0 Å². The van der Waals surface area contributed by atoms with Crippen LogP contribution < -0.4 is 4.74 Å².